The molecule has 0 spiro atoms. The fourth-order valence-electron chi connectivity index (χ4n) is 5.84. The van der Waals surface area contributed by atoms with Crippen molar-refractivity contribution in [2.75, 3.05) is 20.2 Å². The van der Waals surface area contributed by atoms with Crippen molar-refractivity contribution in [3.63, 3.8) is 0 Å². The summed E-state index contributed by atoms with van der Waals surface area (Å²) in [5, 5.41) is 2.77. The van der Waals surface area contributed by atoms with Crippen LogP contribution in [0.25, 0.3) is 0 Å². The molecule has 0 unspecified atom stereocenters. The lowest BCUT2D eigenvalue weighted by atomic mass is 9.83. The number of alkyl carbamates (subject to hydrolysis) is 1. The Bertz CT molecular complexity index is 1200. The van der Waals surface area contributed by atoms with E-state index in [1.807, 2.05) is 30.3 Å². The van der Waals surface area contributed by atoms with Gasteiger partial charge in [0.2, 0.25) is 5.91 Å². The van der Waals surface area contributed by atoms with Gasteiger partial charge in [0.05, 0.1) is 30.4 Å². The molecule has 2 fully saturated rings. The Morgan fingerprint density at radius 3 is 2.05 bits per heavy atom. The van der Waals surface area contributed by atoms with Crippen molar-refractivity contribution in [1.82, 2.24) is 10.2 Å². The standard InChI is InChI=1S/C30H34F6N2O4/c1-18(21-14-22(29(31,32)33)16-23(15-21)30(34,35)36)42-26-12-13-38(17-25(26)19-6-4-3-5-7-19)27(39)20-8-10-24(11-9-20)37-28(40)41-2/h3-7,14-16,18,20,24-26H,8-13,17H2,1-2H3,(H,37,40)/t18-,20?,24?,25+,26+/m1/s1. The number of likely N-dealkylation sites (tertiary alicyclic amines) is 1. The van der Waals surface area contributed by atoms with E-state index in [4.69, 9.17) is 4.74 Å². The molecule has 0 radical (unpaired) electrons. The van der Waals surface area contributed by atoms with Crippen LogP contribution in [0.3, 0.4) is 0 Å². The van der Waals surface area contributed by atoms with Crippen LogP contribution in [0.5, 0.6) is 0 Å². The molecule has 1 aliphatic heterocycles. The first-order valence-corrected chi connectivity index (χ1v) is 13.9. The van der Waals surface area contributed by atoms with Gasteiger partial charge >= 0.3 is 18.4 Å². The van der Waals surface area contributed by atoms with Crippen molar-refractivity contribution in [1.29, 1.82) is 0 Å². The fourth-order valence-corrected chi connectivity index (χ4v) is 5.84. The largest absolute Gasteiger partial charge is 0.453 e. The lowest BCUT2D eigenvalue weighted by molar-refractivity contribution is -0.143. The summed E-state index contributed by atoms with van der Waals surface area (Å²) in [7, 11) is 1.29. The number of alkyl halides is 6. The van der Waals surface area contributed by atoms with Crippen LogP contribution in [-0.4, -0.2) is 49.2 Å². The molecule has 2 aromatic carbocycles. The lowest BCUT2D eigenvalue weighted by Gasteiger charge is -2.41. The van der Waals surface area contributed by atoms with E-state index in [9.17, 15) is 35.9 Å². The number of benzene rings is 2. The highest BCUT2D eigenvalue weighted by atomic mass is 19.4. The summed E-state index contributed by atoms with van der Waals surface area (Å²) in [5.41, 5.74) is -2.14. The van der Waals surface area contributed by atoms with Crippen LogP contribution >= 0.6 is 0 Å². The maximum absolute atomic E-state index is 13.5. The van der Waals surface area contributed by atoms with Crippen molar-refractivity contribution < 1.29 is 45.4 Å². The van der Waals surface area contributed by atoms with Gasteiger partial charge in [-0.05, 0) is 68.4 Å². The van der Waals surface area contributed by atoms with Crippen LogP contribution < -0.4 is 5.32 Å². The summed E-state index contributed by atoms with van der Waals surface area (Å²) in [6.07, 6.45) is -9.18. The zero-order valence-corrected chi connectivity index (χ0v) is 23.3. The van der Waals surface area contributed by atoms with E-state index in [2.05, 4.69) is 10.1 Å². The molecular weight excluding hydrogens is 566 g/mol. The molecule has 6 nitrogen and oxygen atoms in total. The highest BCUT2D eigenvalue weighted by molar-refractivity contribution is 5.79. The molecule has 42 heavy (non-hydrogen) atoms. The van der Waals surface area contributed by atoms with Gasteiger partial charge in [0, 0.05) is 31.0 Å². The summed E-state index contributed by atoms with van der Waals surface area (Å²) < 4.78 is 91.5. The second-order valence-electron chi connectivity index (χ2n) is 10.9. The van der Waals surface area contributed by atoms with Crippen molar-refractivity contribution >= 4 is 12.0 Å². The smallest absolute Gasteiger partial charge is 0.416 e. The summed E-state index contributed by atoms with van der Waals surface area (Å²) >= 11 is 0. The molecule has 0 bridgehead atoms. The Kier molecular flexibility index (Phi) is 9.74. The maximum atomic E-state index is 13.5. The second-order valence-corrected chi connectivity index (χ2v) is 10.9. The van der Waals surface area contributed by atoms with Gasteiger partial charge in [0.25, 0.3) is 0 Å². The molecule has 2 aliphatic rings. The van der Waals surface area contributed by atoms with Crippen LogP contribution in [0.4, 0.5) is 31.1 Å². The molecule has 12 heteroatoms. The molecular formula is C30H34F6N2O4. The Hall–Kier alpha value is -3.28. The molecule has 0 aromatic heterocycles. The van der Waals surface area contributed by atoms with Gasteiger partial charge in [-0.15, -0.1) is 0 Å². The van der Waals surface area contributed by atoms with E-state index in [1.165, 1.54) is 14.0 Å². The highest BCUT2D eigenvalue weighted by Crippen LogP contribution is 2.40. The van der Waals surface area contributed by atoms with E-state index in [0.717, 1.165) is 5.56 Å². The number of nitrogens with one attached hydrogen (secondary N) is 1. The first-order valence-electron chi connectivity index (χ1n) is 13.9. The number of hydrogen-bond acceptors (Lipinski definition) is 4. The topological polar surface area (TPSA) is 67.9 Å². The summed E-state index contributed by atoms with van der Waals surface area (Å²) in [4.78, 5) is 26.8. The average Bonchev–Trinajstić information content (AvgIpc) is 2.96. The predicted molar refractivity (Wildman–Crippen MR) is 141 cm³/mol. The summed E-state index contributed by atoms with van der Waals surface area (Å²) in [5.74, 6) is -0.553. The van der Waals surface area contributed by atoms with Crippen molar-refractivity contribution in [2.24, 2.45) is 5.92 Å². The van der Waals surface area contributed by atoms with Gasteiger partial charge in [-0.1, -0.05) is 30.3 Å². The molecule has 1 heterocycles. The van der Waals surface area contributed by atoms with Crippen LogP contribution in [0.15, 0.2) is 48.5 Å². The number of halogens is 6. The van der Waals surface area contributed by atoms with Crippen molar-refractivity contribution in [3.05, 3.63) is 70.8 Å². The van der Waals surface area contributed by atoms with E-state index < -0.39 is 41.8 Å². The Morgan fingerprint density at radius 2 is 1.50 bits per heavy atom. The molecule has 1 saturated carbocycles. The monoisotopic (exact) mass is 600 g/mol. The molecule has 4 rings (SSSR count). The van der Waals surface area contributed by atoms with Crippen molar-refractivity contribution in [2.45, 2.75) is 75.5 Å². The van der Waals surface area contributed by atoms with Crippen LogP contribution in [0.2, 0.25) is 0 Å². The van der Waals surface area contributed by atoms with Crippen LogP contribution in [0.1, 0.15) is 73.3 Å². The molecule has 230 valence electrons. The first-order chi connectivity index (χ1) is 19.8. The average molecular weight is 601 g/mol. The third-order valence-electron chi connectivity index (χ3n) is 8.13. The predicted octanol–water partition coefficient (Wildman–Crippen LogP) is 7.10. The first kappa shape index (κ1) is 31.7. The summed E-state index contributed by atoms with van der Waals surface area (Å²) in [6.45, 7) is 2.09. The van der Waals surface area contributed by atoms with Crippen molar-refractivity contribution in [3.8, 4) is 0 Å². The highest BCUT2D eigenvalue weighted by Gasteiger charge is 2.40. The Labute approximate surface area is 240 Å². The number of carbonyl (C=O) groups is 2. The SMILES string of the molecule is COC(=O)NC1CCC(C(=O)N2CC[C@H](O[C@H](C)c3cc(C(F)(F)F)cc(C(F)(F)F)c3)[C@H](c3ccccc3)C2)CC1. The minimum atomic E-state index is -4.96. The lowest BCUT2D eigenvalue weighted by Crippen LogP contribution is -2.49. The molecule has 1 saturated heterocycles. The van der Waals surface area contributed by atoms with Gasteiger partial charge < -0.3 is 19.7 Å². The number of methoxy groups -OCH3 is 1. The number of carbonyl (C=O) groups excluding carboxylic acids is 2. The van der Waals surface area contributed by atoms with Gasteiger partial charge in [-0.25, -0.2) is 4.79 Å². The zero-order chi connectivity index (χ0) is 30.7. The van der Waals surface area contributed by atoms with Crippen LogP contribution in [0, 0.1) is 5.92 Å². The normalized spacial score (nSPS) is 24.1. The number of nitrogens with zero attached hydrogens (tertiary/aromatic N) is 1. The number of ether oxygens (including phenoxy) is 2. The molecule has 2 aromatic rings. The quantitative estimate of drug-likeness (QED) is 0.359. The molecule has 3 atom stereocenters. The minimum absolute atomic E-state index is 0.00774. The molecule has 1 aliphatic carbocycles. The van der Waals surface area contributed by atoms with Crippen LogP contribution in [-0.2, 0) is 26.6 Å². The van der Waals surface area contributed by atoms with E-state index in [1.54, 1.807) is 4.90 Å². The third-order valence-corrected chi connectivity index (χ3v) is 8.13. The van der Waals surface area contributed by atoms with Gasteiger partial charge in [0.15, 0.2) is 0 Å². The Balaban J connectivity index is 1.50. The molecule has 2 amide bonds. The number of rotatable bonds is 6. The zero-order valence-electron chi connectivity index (χ0n) is 23.3. The number of amides is 2. The van der Waals surface area contributed by atoms with Gasteiger partial charge in [0.1, 0.15) is 0 Å². The maximum Gasteiger partial charge on any atom is 0.416 e. The van der Waals surface area contributed by atoms with Gasteiger partial charge in [-0.3, -0.25) is 4.79 Å². The fraction of sp³-hybridized carbons (Fsp3) is 0.533. The summed E-state index contributed by atoms with van der Waals surface area (Å²) in [6, 6.07) is 10.7. The Morgan fingerprint density at radius 1 is 0.905 bits per heavy atom. The van der Waals surface area contributed by atoms with E-state index >= 15 is 0 Å². The van der Waals surface area contributed by atoms with E-state index in [-0.39, 0.29) is 35.4 Å². The third kappa shape index (κ3) is 7.76. The van der Waals surface area contributed by atoms with Gasteiger partial charge in [-0.2, -0.15) is 26.3 Å². The second kappa shape index (κ2) is 12.9. The molecule has 1 N–H and O–H groups in total. The number of hydrogen-bond donors (Lipinski definition) is 1. The number of piperidine rings is 1. The minimum Gasteiger partial charge on any atom is -0.453 e. The van der Waals surface area contributed by atoms with E-state index in [0.29, 0.717) is 57.3 Å².